The number of hydrogen-bond acceptors (Lipinski definition) is 2. The maximum Gasteiger partial charge on any atom is 0.310 e. The number of carboxylic acid groups (broad SMARTS) is 1. The van der Waals surface area contributed by atoms with Crippen LogP contribution in [0.3, 0.4) is 0 Å². The molecule has 1 rings (SSSR count). The molecule has 0 heterocycles. The van der Waals surface area contributed by atoms with E-state index in [0.29, 0.717) is 12.8 Å². The Hall–Kier alpha value is -0.830. The van der Waals surface area contributed by atoms with Gasteiger partial charge in [0.25, 0.3) is 0 Å². The SMILES string of the molecule is CC1=C(C)[C@H](O)CC[C@@H]1C(=O)O. The van der Waals surface area contributed by atoms with Gasteiger partial charge in [-0.25, -0.2) is 0 Å². The van der Waals surface area contributed by atoms with Crippen LogP contribution in [-0.2, 0) is 4.79 Å². The largest absolute Gasteiger partial charge is 0.481 e. The lowest BCUT2D eigenvalue weighted by Gasteiger charge is -2.25. The molecule has 0 unspecified atom stereocenters. The van der Waals surface area contributed by atoms with Crippen molar-refractivity contribution in [1.29, 1.82) is 0 Å². The van der Waals surface area contributed by atoms with E-state index in [9.17, 15) is 9.90 Å². The van der Waals surface area contributed by atoms with Crippen LogP contribution in [0.5, 0.6) is 0 Å². The van der Waals surface area contributed by atoms with Gasteiger partial charge in [0.2, 0.25) is 0 Å². The molecule has 0 saturated carbocycles. The molecule has 0 aliphatic heterocycles. The molecule has 12 heavy (non-hydrogen) atoms. The molecule has 3 nitrogen and oxygen atoms in total. The molecule has 2 atom stereocenters. The summed E-state index contributed by atoms with van der Waals surface area (Å²) >= 11 is 0. The van der Waals surface area contributed by atoms with E-state index >= 15 is 0 Å². The summed E-state index contributed by atoms with van der Waals surface area (Å²) in [7, 11) is 0. The van der Waals surface area contributed by atoms with Crippen LogP contribution in [0.4, 0.5) is 0 Å². The van der Waals surface area contributed by atoms with E-state index in [1.165, 1.54) is 0 Å². The summed E-state index contributed by atoms with van der Waals surface area (Å²) in [5.41, 5.74) is 1.65. The maximum absolute atomic E-state index is 10.7. The summed E-state index contributed by atoms with van der Waals surface area (Å²) in [6.07, 6.45) is 0.695. The molecule has 0 bridgehead atoms. The van der Waals surface area contributed by atoms with Gasteiger partial charge in [0.1, 0.15) is 0 Å². The molecule has 68 valence electrons. The van der Waals surface area contributed by atoms with Gasteiger partial charge >= 0.3 is 5.97 Å². The normalized spacial score (nSPS) is 30.6. The van der Waals surface area contributed by atoms with E-state index in [1.54, 1.807) is 13.8 Å². The van der Waals surface area contributed by atoms with Crippen molar-refractivity contribution in [3.8, 4) is 0 Å². The smallest absolute Gasteiger partial charge is 0.310 e. The molecule has 2 N–H and O–H groups in total. The third kappa shape index (κ3) is 1.50. The van der Waals surface area contributed by atoms with Crippen LogP contribution in [0.15, 0.2) is 11.1 Å². The van der Waals surface area contributed by atoms with Crippen LogP contribution in [0.25, 0.3) is 0 Å². The lowest BCUT2D eigenvalue weighted by atomic mass is 9.83. The molecule has 0 aromatic carbocycles. The van der Waals surface area contributed by atoms with E-state index in [1.807, 2.05) is 0 Å². The highest BCUT2D eigenvalue weighted by molar-refractivity contribution is 5.74. The summed E-state index contributed by atoms with van der Waals surface area (Å²) in [6, 6.07) is 0. The minimum Gasteiger partial charge on any atom is -0.481 e. The van der Waals surface area contributed by atoms with Crippen LogP contribution in [0.1, 0.15) is 26.7 Å². The molecule has 0 fully saturated rings. The Bertz CT molecular complexity index is 230. The number of rotatable bonds is 1. The summed E-state index contributed by atoms with van der Waals surface area (Å²) < 4.78 is 0. The summed E-state index contributed by atoms with van der Waals surface area (Å²) in [5, 5.41) is 18.2. The average molecular weight is 170 g/mol. The molecule has 0 amide bonds. The first-order valence-corrected chi connectivity index (χ1v) is 4.12. The van der Waals surface area contributed by atoms with Crippen LogP contribution < -0.4 is 0 Å². The van der Waals surface area contributed by atoms with E-state index < -0.39 is 12.1 Å². The van der Waals surface area contributed by atoms with Crippen LogP contribution in [0, 0.1) is 5.92 Å². The highest BCUT2D eigenvalue weighted by Gasteiger charge is 2.28. The topological polar surface area (TPSA) is 57.5 Å². The van der Waals surface area contributed by atoms with Crippen LogP contribution >= 0.6 is 0 Å². The molecule has 1 aliphatic carbocycles. The van der Waals surface area contributed by atoms with Crippen LogP contribution in [0.2, 0.25) is 0 Å². The van der Waals surface area contributed by atoms with Gasteiger partial charge in [-0.1, -0.05) is 5.57 Å². The molecular weight excluding hydrogens is 156 g/mol. The summed E-state index contributed by atoms with van der Waals surface area (Å²) in [4.78, 5) is 10.7. The van der Waals surface area contributed by atoms with Crippen molar-refractivity contribution >= 4 is 5.97 Å². The van der Waals surface area contributed by atoms with Crippen LogP contribution in [-0.4, -0.2) is 22.3 Å². The standard InChI is InChI=1S/C9H14O3/c1-5-6(2)8(10)4-3-7(5)9(11)12/h7-8,10H,3-4H2,1-2H3,(H,11,12)/t7-,8+/m0/s1. The van der Waals surface area contributed by atoms with E-state index in [4.69, 9.17) is 5.11 Å². The molecule has 0 spiro atoms. The highest BCUT2D eigenvalue weighted by atomic mass is 16.4. The zero-order valence-electron chi connectivity index (χ0n) is 7.37. The monoisotopic (exact) mass is 170 g/mol. The first kappa shape index (κ1) is 9.26. The maximum atomic E-state index is 10.7. The zero-order chi connectivity index (χ0) is 9.30. The predicted molar refractivity (Wildman–Crippen MR) is 44.7 cm³/mol. The Balaban J connectivity index is 2.90. The Morgan fingerprint density at radius 3 is 2.42 bits per heavy atom. The van der Waals surface area contributed by atoms with Gasteiger partial charge in [-0.2, -0.15) is 0 Å². The Labute approximate surface area is 71.7 Å². The molecule has 1 aliphatic rings. The van der Waals surface area contributed by atoms with Gasteiger partial charge in [-0.3, -0.25) is 4.79 Å². The Morgan fingerprint density at radius 1 is 1.33 bits per heavy atom. The van der Waals surface area contributed by atoms with Crippen molar-refractivity contribution in [1.82, 2.24) is 0 Å². The highest BCUT2D eigenvalue weighted by Crippen LogP contribution is 2.29. The van der Waals surface area contributed by atoms with Crippen molar-refractivity contribution in [2.75, 3.05) is 0 Å². The Kier molecular flexibility index (Phi) is 2.52. The summed E-state index contributed by atoms with van der Waals surface area (Å²) in [6.45, 7) is 3.59. The number of carboxylic acids is 1. The molecule has 3 heteroatoms. The number of carbonyl (C=O) groups is 1. The lowest BCUT2D eigenvalue weighted by Crippen LogP contribution is -2.25. The van der Waals surface area contributed by atoms with Gasteiger partial charge in [0, 0.05) is 0 Å². The average Bonchev–Trinajstić information content (AvgIpc) is 2.00. The van der Waals surface area contributed by atoms with E-state index in [-0.39, 0.29) is 5.92 Å². The van der Waals surface area contributed by atoms with Gasteiger partial charge in [-0.15, -0.1) is 0 Å². The lowest BCUT2D eigenvalue weighted by molar-refractivity contribution is -0.141. The van der Waals surface area contributed by atoms with Crippen molar-refractivity contribution in [3.63, 3.8) is 0 Å². The quantitative estimate of drug-likeness (QED) is 0.581. The second-order valence-electron chi connectivity index (χ2n) is 3.35. The first-order chi connectivity index (χ1) is 5.54. The number of aliphatic hydroxyl groups is 1. The van der Waals surface area contributed by atoms with Crippen molar-refractivity contribution < 1.29 is 15.0 Å². The van der Waals surface area contributed by atoms with E-state index in [2.05, 4.69) is 0 Å². The third-order valence-corrected chi connectivity index (χ3v) is 2.67. The molecule has 0 aromatic rings. The Morgan fingerprint density at radius 2 is 1.92 bits per heavy atom. The van der Waals surface area contributed by atoms with E-state index in [0.717, 1.165) is 11.1 Å². The number of aliphatic carboxylic acids is 1. The summed E-state index contributed by atoms with van der Waals surface area (Å²) in [5.74, 6) is -1.16. The number of aliphatic hydroxyl groups excluding tert-OH is 1. The predicted octanol–water partition coefficient (Wildman–Crippen LogP) is 1.18. The van der Waals surface area contributed by atoms with Crippen molar-refractivity contribution in [2.45, 2.75) is 32.8 Å². The molecular formula is C9H14O3. The fourth-order valence-electron chi connectivity index (χ4n) is 1.60. The zero-order valence-corrected chi connectivity index (χ0v) is 7.37. The minimum absolute atomic E-state index is 0.381. The van der Waals surface area contributed by atoms with Crippen molar-refractivity contribution in [2.24, 2.45) is 5.92 Å². The molecule has 0 saturated heterocycles. The van der Waals surface area contributed by atoms with Gasteiger partial charge in [0.15, 0.2) is 0 Å². The third-order valence-electron chi connectivity index (χ3n) is 2.67. The minimum atomic E-state index is -0.779. The fraction of sp³-hybridized carbons (Fsp3) is 0.667. The van der Waals surface area contributed by atoms with Gasteiger partial charge < -0.3 is 10.2 Å². The van der Waals surface area contributed by atoms with Crippen molar-refractivity contribution in [3.05, 3.63) is 11.1 Å². The van der Waals surface area contributed by atoms with Gasteiger partial charge in [0.05, 0.1) is 12.0 Å². The second kappa shape index (κ2) is 3.27. The molecule has 0 aromatic heterocycles. The van der Waals surface area contributed by atoms with Gasteiger partial charge in [-0.05, 0) is 32.3 Å². The number of hydrogen-bond donors (Lipinski definition) is 2. The first-order valence-electron chi connectivity index (χ1n) is 4.12. The second-order valence-corrected chi connectivity index (χ2v) is 3.35. The molecule has 0 radical (unpaired) electrons. The fourth-order valence-corrected chi connectivity index (χ4v) is 1.60.